The highest BCUT2D eigenvalue weighted by Gasteiger charge is 2.41. The van der Waals surface area contributed by atoms with Gasteiger partial charge in [-0.25, -0.2) is 0 Å². The molecule has 1 spiro atoms. The summed E-state index contributed by atoms with van der Waals surface area (Å²) >= 11 is 0. The number of aromatic hydroxyl groups is 2. The molecule has 1 saturated carbocycles. The van der Waals surface area contributed by atoms with Crippen molar-refractivity contribution in [1.29, 1.82) is 0 Å². The number of hydrogen-bond donors (Lipinski definition) is 3. The second-order valence-corrected chi connectivity index (χ2v) is 5.76. The van der Waals surface area contributed by atoms with Gasteiger partial charge in [0, 0.05) is 18.5 Å². The van der Waals surface area contributed by atoms with Crippen LogP contribution in [0.15, 0.2) is 12.1 Å². The first-order valence-corrected chi connectivity index (χ1v) is 7.07. The predicted octanol–water partition coefficient (Wildman–Crippen LogP) is 2.80. The average molecular weight is 300 g/mol. The summed E-state index contributed by atoms with van der Waals surface area (Å²) in [7, 11) is 0. The van der Waals surface area contributed by atoms with Gasteiger partial charge in [-0.1, -0.05) is 25.3 Å². The highest BCUT2D eigenvalue weighted by molar-refractivity contribution is 5.85. The number of hydrogen-bond acceptors (Lipinski definition) is 4. The molecule has 1 heterocycles. The fourth-order valence-electron chi connectivity index (χ4n) is 3.52. The van der Waals surface area contributed by atoms with Crippen LogP contribution in [0.3, 0.4) is 0 Å². The quantitative estimate of drug-likeness (QED) is 0.697. The lowest BCUT2D eigenvalue weighted by molar-refractivity contribution is -0.123. The number of nitrogens with two attached hydrogens (primary N) is 1. The molecular weight excluding hydrogens is 278 g/mol. The number of phenolic OH excluding ortho intramolecular Hbond substituents is 2. The van der Waals surface area contributed by atoms with Crippen LogP contribution in [0.25, 0.3) is 0 Å². The van der Waals surface area contributed by atoms with Crippen LogP contribution in [-0.2, 0) is 11.2 Å². The number of fused-ring (bicyclic) bond motifs is 1. The minimum atomic E-state index is -0.194. The molecule has 4 nitrogen and oxygen atoms in total. The number of phenols is 2. The van der Waals surface area contributed by atoms with E-state index in [0.717, 1.165) is 36.8 Å². The van der Waals surface area contributed by atoms with Gasteiger partial charge in [0.2, 0.25) is 0 Å². The second-order valence-electron chi connectivity index (χ2n) is 5.76. The van der Waals surface area contributed by atoms with E-state index in [2.05, 4.69) is 0 Å². The minimum Gasteiger partial charge on any atom is -0.504 e. The standard InChI is InChI=1S/C15H21NO3.ClH/c16-9-13-10-4-5-12(17)14(18)11(10)8-15(19-13)6-2-1-3-7-15;/h4-5,13,17-18H,1-3,6-9,16H2;1H. The Labute approximate surface area is 125 Å². The van der Waals surface area contributed by atoms with Crippen LogP contribution in [0.1, 0.15) is 49.3 Å². The van der Waals surface area contributed by atoms with Crippen molar-refractivity contribution in [3.63, 3.8) is 0 Å². The van der Waals surface area contributed by atoms with Gasteiger partial charge in [-0.2, -0.15) is 0 Å². The number of halogens is 1. The Bertz CT molecular complexity index is 486. The van der Waals surface area contributed by atoms with Crippen molar-refractivity contribution in [2.75, 3.05) is 6.54 Å². The van der Waals surface area contributed by atoms with Crippen LogP contribution in [0, 0.1) is 0 Å². The van der Waals surface area contributed by atoms with Crippen molar-refractivity contribution < 1.29 is 14.9 Å². The van der Waals surface area contributed by atoms with Gasteiger partial charge in [0.05, 0.1) is 11.7 Å². The molecule has 3 rings (SSSR count). The summed E-state index contributed by atoms with van der Waals surface area (Å²) in [6, 6.07) is 3.33. The molecule has 112 valence electrons. The van der Waals surface area contributed by atoms with Crippen LogP contribution < -0.4 is 5.73 Å². The third kappa shape index (κ3) is 2.48. The van der Waals surface area contributed by atoms with Gasteiger partial charge in [0.1, 0.15) is 0 Å². The normalized spacial score (nSPS) is 23.9. The van der Waals surface area contributed by atoms with E-state index in [9.17, 15) is 10.2 Å². The largest absolute Gasteiger partial charge is 0.504 e. The molecule has 0 saturated heterocycles. The Kier molecular flexibility index (Phi) is 4.47. The van der Waals surface area contributed by atoms with Crippen molar-refractivity contribution >= 4 is 12.4 Å². The molecule has 5 heteroatoms. The fraction of sp³-hybridized carbons (Fsp3) is 0.600. The average Bonchev–Trinajstić information content (AvgIpc) is 2.43. The molecule has 0 aromatic heterocycles. The maximum Gasteiger partial charge on any atom is 0.161 e. The molecule has 1 fully saturated rings. The van der Waals surface area contributed by atoms with Crippen LogP contribution in [-0.4, -0.2) is 22.4 Å². The van der Waals surface area contributed by atoms with Gasteiger partial charge in [-0.3, -0.25) is 0 Å². The highest BCUT2D eigenvalue weighted by Crippen LogP contribution is 2.47. The SMILES string of the molecule is Cl.NCC1OC2(CCCCC2)Cc2c1ccc(O)c2O. The lowest BCUT2D eigenvalue weighted by atomic mass is 9.76. The van der Waals surface area contributed by atoms with E-state index in [1.54, 1.807) is 0 Å². The van der Waals surface area contributed by atoms with E-state index >= 15 is 0 Å². The molecule has 0 bridgehead atoms. The molecule has 1 aliphatic carbocycles. The Hall–Kier alpha value is -0.970. The van der Waals surface area contributed by atoms with Gasteiger partial charge in [-0.15, -0.1) is 12.4 Å². The van der Waals surface area contributed by atoms with Crippen molar-refractivity contribution in [3.05, 3.63) is 23.3 Å². The number of ether oxygens (including phenoxy) is 1. The van der Waals surface area contributed by atoms with Crippen molar-refractivity contribution in [1.82, 2.24) is 0 Å². The number of rotatable bonds is 1. The summed E-state index contributed by atoms with van der Waals surface area (Å²) in [6.07, 6.45) is 6.10. The molecule has 20 heavy (non-hydrogen) atoms. The Morgan fingerprint density at radius 3 is 2.55 bits per heavy atom. The topological polar surface area (TPSA) is 75.7 Å². The van der Waals surface area contributed by atoms with Crippen molar-refractivity contribution in [2.45, 2.75) is 50.2 Å². The van der Waals surface area contributed by atoms with Crippen molar-refractivity contribution in [3.8, 4) is 11.5 Å². The molecule has 1 unspecified atom stereocenters. The van der Waals surface area contributed by atoms with Crippen LogP contribution >= 0.6 is 12.4 Å². The maximum atomic E-state index is 10.1. The Morgan fingerprint density at radius 2 is 1.90 bits per heavy atom. The van der Waals surface area contributed by atoms with Crippen molar-refractivity contribution in [2.24, 2.45) is 5.73 Å². The van der Waals surface area contributed by atoms with Crippen LogP contribution in [0.2, 0.25) is 0 Å². The van der Waals surface area contributed by atoms with E-state index in [1.807, 2.05) is 6.07 Å². The molecular formula is C15H22ClNO3. The summed E-state index contributed by atoms with van der Waals surface area (Å²) in [6.45, 7) is 0.402. The summed E-state index contributed by atoms with van der Waals surface area (Å²) in [4.78, 5) is 0. The molecule has 0 radical (unpaired) electrons. The smallest absolute Gasteiger partial charge is 0.161 e. The van der Waals surface area contributed by atoms with Gasteiger partial charge in [0.25, 0.3) is 0 Å². The van der Waals surface area contributed by atoms with E-state index in [-0.39, 0.29) is 35.6 Å². The lowest BCUT2D eigenvalue weighted by Crippen LogP contribution is -2.43. The third-order valence-corrected chi connectivity index (χ3v) is 4.51. The summed E-state index contributed by atoms with van der Waals surface area (Å²) < 4.78 is 6.27. The van der Waals surface area contributed by atoms with E-state index in [1.165, 1.54) is 12.5 Å². The van der Waals surface area contributed by atoms with Crippen LogP contribution in [0.5, 0.6) is 11.5 Å². The lowest BCUT2D eigenvalue weighted by Gasteiger charge is -2.44. The summed E-state index contributed by atoms with van der Waals surface area (Å²) in [5, 5.41) is 19.8. The molecule has 1 aromatic rings. The van der Waals surface area contributed by atoms with Crippen LogP contribution in [0.4, 0.5) is 0 Å². The molecule has 4 N–H and O–H groups in total. The van der Waals surface area contributed by atoms with E-state index < -0.39 is 0 Å². The van der Waals surface area contributed by atoms with Gasteiger partial charge >= 0.3 is 0 Å². The number of benzene rings is 1. The van der Waals surface area contributed by atoms with E-state index in [4.69, 9.17) is 10.5 Å². The summed E-state index contributed by atoms with van der Waals surface area (Å²) in [5.74, 6) is -0.0495. The first-order valence-electron chi connectivity index (χ1n) is 7.07. The zero-order chi connectivity index (χ0) is 13.5. The molecule has 2 aliphatic rings. The second kappa shape index (κ2) is 5.80. The van der Waals surface area contributed by atoms with Gasteiger partial charge < -0.3 is 20.7 Å². The van der Waals surface area contributed by atoms with Gasteiger partial charge in [-0.05, 0) is 24.5 Å². The zero-order valence-electron chi connectivity index (χ0n) is 11.5. The first-order chi connectivity index (χ1) is 9.15. The molecule has 1 aromatic carbocycles. The monoisotopic (exact) mass is 299 g/mol. The maximum absolute atomic E-state index is 10.1. The summed E-state index contributed by atoms with van der Waals surface area (Å²) in [5.41, 5.74) is 7.38. The first kappa shape index (κ1) is 15.4. The zero-order valence-corrected chi connectivity index (χ0v) is 12.3. The van der Waals surface area contributed by atoms with E-state index in [0.29, 0.717) is 13.0 Å². The molecule has 1 aliphatic heterocycles. The molecule has 0 amide bonds. The van der Waals surface area contributed by atoms with Gasteiger partial charge in [0.15, 0.2) is 11.5 Å². The fourth-order valence-corrected chi connectivity index (χ4v) is 3.52. The minimum absolute atomic E-state index is 0. The predicted molar refractivity (Wildman–Crippen MR) is 79.4 cm³/mol. The third-order valence-electron chi connectivity index (χ3n) is 4.51. The Morgan fingerprint density at radius 1 is 1.20 bits per heavy atom. The molecule has 1 atom stereocenters. The Balaban J connectivity index is 0.00000147. The highest BCUT2D eigenvalue weighted by atomic mass is 35.5.